The molecule has 1 atom stereocenters. The first kappa shape index (κ1) is 16.0. The minimum absolute atomic E-state index is 0.0964. The number of nitrogens with one attached hydrogen (secondary N) is 1. The second-order valence-corrected chi connectivity index (χ2v) is 6.72. The van der Waals surface area contributed by atoms with E-state index >= 15 is 0 Å². The van der Waals surface area contributed by atoms with Gasteiger partial charge in [0.2, 0.25) is 5.91 Å². The topological polar surface area (TPSA) is 48.5 Å². The van der Waals surface area contributed by atoms with Crippen LogP contribution in [-0.4, -0.2) is 48.0 Å². The van der Waals surface area contributed by atoms with Gasteiger partial charge in [-0.1, -0.05) is 12.1 Å². The molecule has 1 fully saturated rings. The predicted molar refractivity (Wildman–Crippen MR) is 93.7 cm³/mol. The van der Waals surface area contributed by atoms with Crippen LogP contribution in [0.5, 0.6) is 0 Å². The molecular weight excluding hydrogens is 308 g/mol. The number of rotatable bonds is 5. The van der Waals surface area contributed by atoms with Crippen molar-refractivity contribution in [1.29, 1.82) is 0 Å². The van der Waals surface area contributed by atoms with Gasteiger partial charge in [-0.05, 0) is 30.5 Å². The molecule has 0 bridgehead atoms. The van der Waals surface area contributed by atoms with E-state index in [1.54, 1.807) is 11.3 Å². The summed E-state index contributed by atoms with van der Waals surface area (Å²) in [6, 6.07) is 9.93. The number of anilines is 1. The summed E-state index contributed by atoms with van der Waals surface area (Å²) >= 11 is 1.67. The minimum Gasteiger partial charge on any atom is -0.354 e. The van der Waals surface area contributed by atoms with Crippen molar-refractivity contribution in [2.75, 3.05) is 31.1 Å². The number of amides is 1. The van der Waals surface area contributed by atoms with Gasteiger partial charge in [0.1, 0.15) is 5.82 Å². The number of pyridine rings is 1. The molecule has 0 radical (unpaired) electrons. The summed E-state index contributed by atoms with van der Waals surface area (Å²) in [5.41, 5.74) is 0. The first-order valence-electron chi connectivity index (χ1n) is 7.94. The van der Waals surface area contributed by atoms with Crippen LogP contribution < -0.4 is 10.2 Å². The van der Waals surface area contributed by atoms with E-state index in [2.05, 4.69) is 20.1 Å². The van der Waals surface area contributed by atoms with Crippen molar-refractivity contribution >= 4 is 23.1 Å². The Morgan fingerprint density at radius 1 is 1.26 bits per heavy atom. The van der Waals surface area contributed by atoms with Crippen LogP contribution in [0, 0.1) is 0 Å². The molecule has 2 aromatic heterocycles. The van der Waals surface area contributed by atoms with Gasteiger partial charge in [0.15, 0.2) is 0 Å². The fourth-order valence-corrected chi connectivity index (χ4v) is 3.42. The smallest absolute Gasteiger partial charge is 0.237 e. The molecule has 1 aliphatic rings. The van der Waals surface area contributed by atoms with E-state index in [0.29, 0.717) is 6.54 Å². The van der Waals surface area contributed by atoms with Crippen LogP contribution in [0.15, 0.2) is 41.9 Å². The molecular formula is C17H22N4OS. The largest absolute Gasteiger partial charge is 0.354 e. The van der Waals surface area contributed by atoms with E-state index in [1.807, 2.05) is 48.8 Å². The molecule has 3 rings (SSSR count). The third-order valence-corrected chi connectivity index (χ3v) is 5.11. The number of hydrogen-bond acceptors (Lipinski definition) is 5. The van der Waals surface area contributed by atoms with Gasteiger partial charge >= 0.3 is 0 Å². The lowest BCUT2D eigenvalue weighted by molar-refractivity contribution is -0.126. The maximum Gasteiger partial charge on any atom is 0.237 e. The Labute approximate surface area is 140 Å². The molecule has 23 heavy (non-hydrogen) atoms. The molecule has 0 unspecified atom stereocenters. The molecule has 0 aliphatic carbocycles. The Balaban J connectivity index is 1.47. The van der Waals surface area contributed by atoms with Gasteiger partial charge in [-0.25, -0.2) is 4.98 Å². The Bertz CT molecular complexity index is 609. The third kappa shape index (κ3) is 4.09. The molecule has 0 spiro atoms. The number of carbonyl (C=O) groups excluding carboxylic acids is 1. The number of piperazine rings is 1. The van der Waals surface area contributed by atoms with Crippen LogP contribution in [0.1, 0.15) is 11.8 Å². The van der Waals surface area contributed by atoms with Gasteiger partial charge in [0.05, 0.1) is 12.6 Å². The lowest BCUT2D eigenvalue weighted by Crippen LogP contribution is -2.54. The van der Waals surface area contributed by atoms with Crippen molar-refractivity contribution in [1.82, 2.24) is 15.2 Å². The second-order valence-electron chi connectivity index (χ2n) is 5.68. The number of carbonyl (C=O) groups is 1. The molecule has 2 aromatic rings. The molecule has 0 saturated carbocycles. The van der Waals surface area contributed by atoms with Crippen molar-refractivity contribution < 1.29 is 4.79 Å². The molecule has 0 aromatic carbocycles. The van der Waals surface area contributed by atoms with Crippen LogP contribution in [0.2, 0.25) is 0 Å². The van der Waals surface area contributed by atoms with Gasteiger partial charge in [-0.2, -0.15) is 0 Å². The quantitative estimate of drug-likeness (QED) is 0.911. The monoisotopic (exact) mass is 330 g/mol. The molecule has 1 amide bonds. The van der Waals surface area contributed by atoms with Gasteiger partial charge in [-0.3, -0.25) is 9.69 Å². The summed E-state index contributed by atoms with van der Waals surface area (Å²) in [5.74, 6) is 1.12. The zero-order valence-electron chi connectivity index (χ0n) is 13.3. The van der Waals surface area contributed by atoms with Gasteiger partial charge < -0.3 is 10.2 Å². The molecule has 1 saturated heterocycles. The summed E-state index contributed by atoms with van der Waals surface area (Å²) in [7, 11) is 0. The van der Waals surface area contributed by atoms with Crippen LogP contribution in [0.25, 0.3) is 0 Å². The Hall–Kier alpha value is -1.92. The normalized spacial score (nSPS) is 17.0. The molecule has 3 heterocycles. The van der Waals surface area contributed by atoms with E-state index in [9.17, 15) is 4.79 Å². The molecule has 122 valence electrons. The first-order chi connectivity index (χ1) is 11.2. The molecule has 1 aliphatic heterocycles. The zero-order valence-corrected chi connectivity index (χ0v) is 14.1. The summed E-state index contributed by atoms with van der Waals surface area (Å²) in [5, 5.41) is 5.06. The van der Waals surface area contributed by atoms with Crippen LogP contribution in [-0.2, 0) is 11.3 Å². The van der Waals surface area contributed by atoms with Crippen LogP contribution in [0.4, 0.5) is 5.82 Å². The highest BCUT2D eigenvalue weighted by atomic mass is 32.1. The minimum atomic E-state index is -0.0964. The lowest BCUT2D eigenvalue weighted by Gasteiger charge is -2.37. The standard InChI is InChI=1S/C17H22N4OS/c1-14(17(22)19-13-15-5-4-12-23-15)20-8-10-21(11-9-20)16-6-2-3-7-18-16/h2-7,12,14H,8-11,13H2,1H3,(H,19,22)/t14-/m1/s1. The fraction of sp³-hybridized carbons (Fsp3) is 0.412. The highest BCUT2D eigenvalue weighted by Gasteiger charge is 2.25. The second kappa shape index (κ2) is 7.57. The van der Waals surface area contributed by atoms with Crippen LogP contribution in [0.3, 0.4) is 0 Å². The van der Waals surface area contributed by atoms with Gasteiger partial charge in [0.25, 0.3) is 0 Å². The number of aromatic nitrogens is 1. The Morgan fingerprint density at radius 3 is 2.74 bits per heavy atom. The van der Waals surface area contributed by atoms with E-state index in [1.165, 1.54) is 4.88 Å². The first-order valence-corrected chi connectivity index (χ1v) is 8.82. The van der Waals surface area contributed by atoms with Crippen molar-refractivity contribution in [2.45, 2.75) is 19.5 Å². The third-order valence-electron chi connectivity index (χ3n) is 4.23. The van der Waals surface area contributed by atoms with Crippen molar-refractivity contribution in [3.05, 3.63) is 46.8 Å². The van der Waals surface area contributed by atoms with E-state index in [4.69, 9.17) is 0 Å². The molecule has 1 N–H and O–H groups in total. The highest BCUT2D eigenvalue weighted by molar-refractivity contribution is 7.09. The number of thiophene rings is 1. The average molecular weight is 330 g/mol. The number of hydrogen-bond donors (Lipinski definition) is 1. The highest BCUT2D eigenvalue weighted by Crippen LogP contribution is 2.14. The van der Waals surface area contributed by atoms with Crippen LogP contribution >= 0.6 is 11.3 Å². The zero-order chi connectivity index (χ0) is 16.1. The Morgan fingerprint density at radius 2 is 2.09 bits per heavy atom. The Kier molecular flexibility index (Phi) is 5.25. The fourth-order valence-electron chi connectivity index (χ4n) is 2.78. The van der Waals surface area contributed by atoms with E-state index < -0.39 is 0 Å². The summed E-state index contributed by atoms with van der Waals surface area (Å²) in [6.07, 6.45) is 1.82. The van der Waals surface area contributed by atoms with E-state index in [0.717, 1.165) is 32.0 Å². The van der Waals surface area contributed by atoms with Gasteiger partial charge in [0, 0.05) is 37.3 Å². The van der Waals surface area contributed by atoms with Crippen molar-refractivity contribution in [3.8, 4) is 0 Å². The summed E-state index contributed by atoms with van der Waals surface area (Å²) < 4.78 is 0. The predicted octanol–water partition coefficient (Wildman–Crippen LogP) is 1.97. The molecule has 6 heteroatoms. The maximum absolute atomic E-state index is 12.3. The van der Waals surface area contributed by atoms with E-state index in [-0.39, 0.29) is 11.9 Å². The van der Waals surface area contributed by atoms with Crippen molar-refractivity contribution in [2.24, 2.45) is 0 Å². The average Bonchev–Trinajstić information content (AvgIpc) is 3.13. The lowest BCUT2D eigenvalue weighted by atomic mass is 10.2. The number of nitrogens with zero attached hydrogens (tertiary/aromatic N) is 3. The van der Waals surface area contributed by atoms with Crippen molar-refractivity contribution in [3.63, 3.8) is 0 Å². The summed E-state index contributed by atoms with van der Waals surface area (Å²) in [6.45, 7) is 6.17. The van der Waals surface area contributed by atoms with Gasteiger partial charge in [-0.15, -0.1) is 11.3 Å². The molecule has 5 nitrogen and oxygen atoms in total. The maximum atomic E-state index is 12.3. The summed E-state index contributed by atoms with van der Waals surface area (Å²) in [4.78, 5) is 22.4. The SMILES string of the molecule is C[C@H](C(=O)NCc1cccs1)N1CCN(c2ccccn2)CC1.